The molecule has 4 aromatic carbocycles. The monoisotopic (exact) mass is 760 g/mol. The fourth-order valence-electron chi connectivity index (χ4n) is 6.24. The van der Waals surface area contributed by atoms with Crippen LogP contribution in [-0.2, 0) is 28.0 Å². The molecule has 0 saturated carbocycles. The van der Waals surface area contributed by atoms with Crippen molar-refractivity contribution in [2.45, 2.75) is 50.3 Å². The Kier molecular flexibility index (Phi) is 8.98. The first-order valence-corrected chi connectivity index (χ1v) is 17.8. The summed E-state index contributed by atoms with van der Waals surface area (Å²) in [6.07, 6.45) is -5.95. The maximum atomic E-state index is 15.0. The number of amides is 1. The Balaban J connectivity index is 1.38. The largest absolute Gasteiger partial charge is 0.416 e. The van der Waals surface area contributed by atoms with Crippen molar-refractivity contribution >= 4 is 23.4 Å². The number of ether oxygens (including phenoxy) is 1. The molecule has 6 rings (SSSR count). The molecular formula is C41H42F5N3O3S. The van der Waals surface area contributed by atoms with Crippen molar-refractivity contribution in [2.75, 3.05) is 44.7 Å². The quantitative estimate of drug-likeness (QED) is 0.146. The molecule has 1 unspecified atom stereocenters. The van der Waals surface area contributed by atoms with Gasteiger partial charge >= 0.3 is 6.18 Å². The Morgan fingerprint density at radius 3 is 2.43 bits per heavy atom. The Hall–Kier alpha value is -4.23. The van der Waals surface area contributed by atoms with E-state index in [4.69, 9.17) is 14.3 Å². The molecule has 1 fully saturated rings. The van der Waals surface area contributed by atoms with Gasteiger partial charge < -0.3 is 24.5 Å². The number of methoxy groups -OCH3 is 1. The molecule has 12 heteroatoms. The first kappa shape index (κ1) is 28.2. The van der Waals surface area contributed by atoms with Crippen LogP contribution in [0.2, 0.25) is 0 Å². The van der Waals surface area contributed by atoms with Gasteiger partial charge in [-0.1, -0.05) is 66.2 Å². The van der Waals surface area contributed by atoms with Crippen molar-refractivity contribution in [1.82, 2.24) is 9.80 Å². The van der Waals surface area contributed by atoms with Gasteiger partial charge in [0.1, 0.15) is 12.6 Å². The predicted molar refractivity (Wildman–Crippen MR) is 198 cm³/mol. The third-order valence-corrected chi connectivity index (χ3v) is 10.1. The van der Waals surface area contributed by atoms with Gasteiger partial charge in [-0.2, -0.15) is 13.2 Å². The summed E-state index contributed by atoms with van der Waals surface area (Å²) >= 11 is 0.746. The average molecular weight is 761 g/mol. The molecule has 6 nitrogen and oxygen atoms in total. The second-order valence-corrected chi connectivity index (χ2v) is 13.6. The zero-order chi connectivity index (χ0) is 45.5. The number of nitrogens with zero attached hydrogens (tertiary/aromatic N) is 3. The third-order valence-electron chi connectivity index (χ3n) is 9.06. The van der Waals surface area contributed by atoms with Crippen LogP contribution in [0.15, 0.2) is 95.9 Å². The number of aliphatic hydroxyl groups excluding tert-OH is 1. The number of rotatable bonds is 12. The molecule has 0 radical (unpaired) electrons. The predicted octanol–water partition coefficient (Wildman–Crippen LogP) is 8.73. The van der Waals surface area contributed by atoms with E-state index in [2.05, 4.69) is 0 Å². The molecule has 0 aliphatic carbocycles. The average Bonchev–Trinajstić information content (AvgIpc) is 3.21. The van der Waals surface area contributed by atoms with E-state index in [1.54, 1.807) is 0 Å². The molecule has 0 spiro atoms. The van der Waals surface area contributed by atoms with Gasteiger partial charge in [-0.25, -0.2) is 8.78 Å². The summed E-state index contributed by atoms with van der Waals surface area (Å²) in [7, 11) is -2.60. The lowest BCUT2D eigenvalue weighted by atomic mass is 9.99. The molecule has 1 N–H and O–H groups in total. The van der Waals surface area contributed by atoms with Crippen LogP contribution < -0.4 is 4.90 Å². The number of hydrogen-bond donors (Lipinski definition) is 1. The molecule has 1 atom stereocenters. The van der Waals surface area contributed by atoms with Gasteiger partial charge in [0.2, 0.25) is 5.91 Å². The van der Waals surface area contributed by atoms with E-state index < -0.39 is 79.6 Å². The van der Waals surface area contributed by atoms with E-state index in [1.807, 2.05) is 4.90 Å². The van der Waals surface area contributed by atoms with E-state index in [-0.39, 0.29) is 70.8 Å². The highest BCUT2D eigenvalue weighted by atomic mass is 32.2. The van der Waals surface area contributed by atoms with E-state index in [0.29, 0.717) is 24.2 Å². The van der Waals surface area contributed by atoms with Crippen LogP contribution in [0.4, 0.5) is 27.6 Å². The fraction of sp³-hybridized carbons (Fsp3) is 0.341. The number of thioether (sulfide) groups is 1. The molecule has 0 aromatic heterocycles. The summed E-state index contributed by atoms with van der Waals surface area (Å²) in [6, 6.07) is 11.2. The number of halogens is 5. The van der Waals surface area contributed by atoms with Crippen LogP contribution in [0.3, 0.4) is 0 Å². The number of carbonyl (C=O) groups excluding carboxylic acids is 1. The Bertz CT molecular complexity index is 2330. The molecule has 2 heterocycles. The smallest absolute Gasteiger partial charge is 0.384 e. The molecule has 4 aromatic rings. The number of piperidine rings is 1. The fourth-order valence-corrected chi connectivity index (χ4v) is 7.26. The zero-order valence-electron chi connectivity index (χ0n) is 37.6. The third kappa shape index (κ3) is 9.29. The minimum atomic E-state index is -4.54. The topological polar surface area (TPSA) is 56.3 Å². The number of benzene rings is 4. The lowest BCUT2D eigenvalue weighted by molar-refractivity contribution is -0.137. The number of likely N-dealkylation sites (tertiary alicyclic amines) is 1. The van der Waals surface area contributed by atoms with Crippen molar-refractivity contribution in [1.29, 1.82) is 0 Å². The SMILES string of the molecule is [2H]C1=C(SCc2cccc(F)c2F)N(CC(=O)N(C2CCN(CCOC([2H])([2H])[2H])CC2)C([2H])([2H])c2ccc(-c3ccc(C(F)(F)F)cc3)cc2)c2c([2H])c([2H])c(C)c([2H])c2C1O. The van der Waals surface area contributed by atoms with E-state index in [9.17, 15) is 34.6 Å². The molecule has 0 bridgehead atoms. The van der Waals surface area contributed by atoms with Gasteiger partial charge in [0, 0.05) is 61.8 Å². The van der Waals surface area contributed by atoms with Crippen LogP contribution in [0.5, 0.6) is 0 Å². The second-order valence-electron chi connectivity index (χ2n) is 12.7. The number of carbonyl (C=O) groups is 1. The van der Waals surface area contributed by atoms with Crippen molar-refractivity contribution in [3.05, 3.63) is 135 Å². The Morgan fingerprint density at radius 2 is 1.75 bits per heavy atom. The maximum absolute atomic E-state index is 15.0. The van der Waals surface area contributed by atoms with Gasteiger partial charge in [0.25, 0.3) is 0 Å². The molecule has 2 aliphatic heterocycles. The summed E-state index contributed by atoms with van der Waals surface area (Å²) in [6.45, 7) is -1.24. The molecule has 1 amide bonds. The lowest BCUT2D eigenvalue weighted by Crippen LogP contribution is -2.50. The molecule has 2 aliphatic rings. The van der Waals surface area contributed by atoms with E-state index >= 15 is 0 Å². The molecule has 1 saturated heterocycles. The van der Waals surface area contributed by atoms with Gasteiger partial charge in [-0.3, -0.25) is 4.79 Å². The second kappa shape index (κ2) is 16.8. The number of fused-ring (bicyclic) bond motifs is 1. The van der Waals surface area contributed by atoms with Crippen LogP contribution in [0.1, 0.15) is 59.1 Å². The van der Waals surface area contributed by atoms with Crippen LogP contribution >= 0.6 is 11.8 Å². The molecule has 280 valence electrons. The Labute approximate surface area is 323 Å². The summed E-state index contributed by atoms with van der Waals surface area (Å²) in [5, 5.41) is 11.2. The number of alkyl halides is 3. The summed E-state index contributed by atoms with van der Waals surface area (Å²) in [4.78, 5) is 19.1. The standard InChI is InChI=1S/C41H42F5N3O3S/c1-27-6-15-36-34(22-27)37(50)23-39(53-26-31-4-3-5-35(42)40(31)43)49(36)25-38(51)48(33-16-18-47(19-17-33)20-21-52-2)24-28-7-9-29(10-8-28)30-11-13-32(14-12-30)41(44,45)46/h3-15,22-23,33,37,50H,16-21,24-26H2,1-2H3/i2D3,6D,15D,22D,23D,24D2. The Morgan fingerprint density at radius 1 is 1.06 bits per heavy atom. The molecule has 53 heavy (non-hydrogen) atoms. The summed E-state index contributed by atoms with van der Waals surface area (Å²) in [5.41, 5.74) is -0.539. The minimum Gasteiger partial charge on any atom is -0.384 e. The van der Waals surface area contributed by atoms with Crippen LogP contribution in [-0.4, -0.2) is 66.7 Å². The van der Waals surface area contributed by atoms with Gasteiger partial charge in [0.05, 0.1) is 29.5 Å². The molecular weight excluding hydrogens is 710 g/mol. The minimum absolute atomic E-state index is 0.00363. The van der Waals surface area contributed by atoms with Crippen LogP contribution in [0, 0.1) is 18.6 Å². The van der Waals surface area contributed by atoms with E-state index in [1.165, 1.54) is 55.5 Å². The van der Waals surface area contributed by atoms with Crippen molar-refractivity contribution in [3.8, 4) is 11.1 Å². The van der Waals surface area contributed by atoms with Crippen molar-refractivity contribution in [3.63, 3.8) is 0 Å². The maximum Gasteiger partial charge on any atom is 0.416 e. The number of aliphatic hydroxyl groups is 1. The van der Waals surface area contributed by atoms with Gasteiger partial charge in [-0.05, 0) is 66.7 Å². The van der Waals surface area contributed by atoms with Crippen molar-refractivity contribution < 1.29 is 48.9 Å². The highest BCUT2D eigenvalue weighted by molar-refractivity contribution is 8.02. The van der Waals surface area contributed by atoms with Crippen molar-refractivity contribution in [2.24, 2.45) is 0 Å². The van der Waals surface area contributed by atoms with Gasteiger partial charge in [0.15, 0.2) is 11.6 Å². The van der Waals surface area contributed by atoms with E-state index in [0.717, 1.165) is 39.8 Å². The highest BCUT2D eigenvalue weighted by Crippen LogP contribution is 2.41. The lowest BCUT2D eigenvalue weighted by Gasteiger charge is -2.40. The number of hydrogen-bond acceptors (Lipinski definition) is 6. The highest BCUT2D eigenvalue weighted by Gasteiger charge is 2.33. The number of anilines is 1. The normalized spacial score (nSPS) is 19.9. The first-order chi connectivity index (χ1) is 29.0. The van der Waals surface area contributed by atoms with Gasteiger partial charge in [-0.15, -0.1) is 11.8 Å². The summed E-state index contributed by atoms with van der Waals surface area (Å²) in [5.74, 6) is -3.49. The van der Waals surface area contributed by atoms with Crippen LogP contribution in [0.25, 0.3) is 11.1 Å². The zero-order valence-corrected chi connectivity index (χ0v) is 29.4. The summed E-state index contributed by atoms with van der Waals surface area (Å²) < 4.78 is 150. The first-order valence-electron chi connectivity index (χ1n) is 21.3.